The topological polar surface area (TPSA) is 108 Å². The van der Waals surface area contributed by atoms with E-state index in [1.807, 2.05) is 13.0 Å². The molecule has 3 N–H and O–H groups in total. The molecule has 0 unspecified atom stereocenters. The van der Waals surface area contributed by atoms with Gasteiger partial charge in [-0.05, 0) is 24.6 Å². The average Bonchev–Trinajstić information content (AvgIpc) is 2.37. The van der Waals surface area contributed by atoms with Gasteiger partial charge in [-0.15, -0.1) is 0 Å². The van der Waals surface area contributed by atoms with E-state index in [4.69, 9.17) is 0 Å². The molecule has 0 spiro atoms. The number of aromatic hydroxyl groups is 1. The molecule has 0 aliphatic carbocycles. The summed E-state index contributed by atoms with van der Waals surface area (Å²) in [6, 6.07) is 4.61. The van der Waals surface area contributed by atoms with E-state index in [0.717, 1.165) is 11.6 Å². The van der Waals surface area contributed by atoms with Gasteiger partial charge in [0.05, 0.1) is 6.07 Å². The SMILES string of the molecule is Cc1ccnc(NC(=O)CCSc2nc(O)cc(=O)[nH]2)c1. The molecule has 0 bridgehead atoms. The van der Waals surface area contributed by atoms with Gasteiger partial charge in [0.25, 0.3) is 5.56 Å². The second-order valence-electron chi connectivity index (χ2n) is 4.27. The first-order valence-corrected chi connectivity index (χ1v) is 7.17. The smallest absolute Gasteiger partial charge is 0.255 e. The van der Waals surface area contributed by atoms with Gasteiger partial charge in [-0.3, -0.25) is 9.59 Å². The fourth-order valence-corrected chi connectivity index (χ4v) is 2.35. The number of carbonyl (C=O) groups is 1. The van der Waals surface area contributed by atoms with E-state index in [0.29, 0.717) is 11.6 Å². The Morgan fingerprint density at radius 3 is 3.00 bits per heavy atom. The molecule has 0 atom stereocenters. The number of thioether (sulfide) groups is 1. The lowest BCUT2D eigenvalue weighted by atomic mass is 10.3. The molecule has 0 aliphatic rings. The van der Waals surface area contributed by atoms with Crippen LogP contribution in [0, 0.1) is 6.92 Å². The third-order valence-electron chi connectivity index (χ3n) is 2.46. The van der Waals surface area contributed by atoms with Crippen molar-refractivity contribution < 1.29 is 9.90 Å². The molecular weight excluding hydrogens is 292 g/mol. The molecule has 0 aromatic carbocycles. The van der Waals surface area contributed by atoms with Crippen LogP contribution in [0.25, 0.3) is 0 Å². The number of aryl methyl sites for hydroxylation is 1. The maximum Gasteiger partial charge on any atom is 0.255 e. The summed E-state index contributed by atoms with van der Waals surface area (Å²) in [4.78, 5) is 33.1. The van der Waals surface area contributed by atoms with Crippen molar-refractivity contribution in [2.24, 2.45) is 0 Å². The molecule has 110 valence electrons. The van der Waals surface area contributed by atoms with Gasteiger partial charge < -0.3 is 15.4 Å². The van der Waals surface area contributed by atoms with Crippen LogP contribution < -0.4 is 10.9 Å². The zero-order chi connectivity index (χ0) is 15.2. The van der Waals surface area contributed by atoms with Crippen LogP contribution in [-0.2, 0) is 4.79 Å². The predicted molar refractivity (Wildman–Crippen MR) is 79.5 cm³/mol. The number of rotatable bonds is 5. The summed E-state index contributed by atoms with van der Waals surface area (Å²) in [6.45, 7) is 1.91. The summed E-state index contributed by atoms with van der Waals surface area (Å²) in [5.74, 6) is 0.413. The van der Waals surface area contributed by atoms with Gasteiger partial charge in [0, 0.05) is 18.4 Å². The lowest BCUT2D eigenvalue weighted by molar-refractivity contribution is -0.115. The van der Waals surface area contributed by atoms with Gasteiger partial charge in [-0.2, -0.15) is 4.98 Å². The highest BCUT2D eigenvalue weighted by atomic mass is 32.2. The second-order valence-corrected chi connectivity index (χ2v) is 5.36. The lowest BCUT2D eigenvalue weighted by Crippen LogP contribution is -2.13. The Morgan fingerprint density at radius 2 is 2.29 bits per heavy atom. The van der Waals surface area contributed by atoms with Crippen LogP contribution in [0.2, 0.25) is 0 Å². The van der Waals surface area contributed by atoms with Crippen molar-refractivity contribution in [3.05, 3.63) is 40.3 Å². The Balaban J connectivity index is 1.83. The number of anilines is 1. The number of aromatic amines is 1. The summed E-state index contributed by atoms with van der Waals surface area (Å²) in [5.41, 5.74) is 0.578. The molecular formula is C13H14N4O3S. The molecule has 2 heterocycles. The fourth-order valence-electron chi connectivity index (χ4n) is 1.54. The summed E-state index contributed by atoms with van der Waals surface area (Å²) in [6.07, 6.45) is 1.86. The van der Waals surface area contributed by atoms with Crippen LogP contribution in [0.4, 0.5) is 5.82 Å². The summed E-state index contributed by atoms with van der Waals surface area (Å²) >= 11 is 1.18. The lowest BCUT2D eigenvalue weighted by Gasteiger charge is -2.04. The Morgan fingerprint density at radius 1 is 1.48 bits per heavy atom. The zero-order valence-corrected chi connectivity index (χ0v) is 12.1. The van der Waals surface area contributed by atoms with Crippen LogP contribution >= 0.6 is 11.8 Å². The monoisotopic (exact) mass is 306 g/mol. The van der Waals surface area contributed by atoms with Gasteiger partial charge in [-0.1, -0.05) is 11.8 Å². The van der Waals surface area contributed by atoms with Crippen LogP contribution in [0.1, 0.15) is 12.0 Å². The van der Waals surface area contributed by atoms with Crippen molar-refractivity contribution in [3.8, 4) is 5.88 Å². The molecule has 7 nitrogen and oxygen atoms in total. The van der Waals surface area contributed by atoms with Crippen molar-refractivity contribution in [2.75, 3.05) is 11.1 Å². The normalized spacial score (nSPS) is 10.3. The Hall–Kier alpha value is -2.35. The molecule has 2 aromatic rings. The quantitative estimate of drug-likeness (QED) is 0.567. The van der Waals surface area contributed by atoms with Crippen LogP contribution in [0.5, 0.6) is 5.88 Å². The van der Waals surface area contributed by atoms with E-state index in [-0.39, 0.29) is 23.4 Å². The van der Waals surface area contributed by atoms with Crippen molar-refractivity contribution in [1.82, 2.24) is 15.0 Å². The molecule has 0 fully saturated rings. The molecule has 0 saturated heterocycles. The third-order valence-corrected chi connectivity index (χ3v) is 3.33. The van der Waals surface area contributed by atoms with Crippen LogP contribution in [-0.4, -0.2) is 31.7 Å². The first-order valence-electron chi connectivity index (χ1n) is 6.18. The van der Waals surface area contributed by atoms with E-state index < -0.39 is 5.56 Å². The average molecular weight is 306 g/mol. The first-order chi connectivity index (χ1) is 10.0. The number of nitrogens with one attached hydrogen (secondary N) is 2. The van der Waals surface area contributed by atoms with E-state index in [9.17, 15) is 14.7 Å². The standard InChI is InChI=1S/C13H14N4O3S/c1-8-2-4-14-9(6-8)15-10(18)3-5-21-13-16-11(19)7-12(20)17-13/h2,4,6-7H,3,5H2,1H3,(H,14,15,18)(H2,16,17,19,20). The molecule has 0 saturated carbocycles. The van der Waals surface area contributed by atoms with Gasteiger partial charge in [0.1, 0.15) is 5.82 Å². The van der Waals surface area contributed by atoms with E-state index in [1.165, 1.54) is 11.8 Å². The van der Waals surface area contributed by atoms with Gasteiger partial charge in [0.15, 0.2) is 5.16 Å². The van der Waals surface area contributed by atoms with Crippen molar-refractivity contribution >= 4 is 23.5 Å². The number of aromatic nitrogens is 3. The largest absolute Gasteiger partial charge is 0.493 e. The maximum atomic E-state index is 11.7. The highest BCUT2D eigenvalue weighted by molar-refractivity contribution is 7.99. The van der Waals surface area contributed by atoms with E-state index in [2.05, 4.69) is 20.3 Å². The van der Waals surface area contributed by atoms with Crippen molar-refractivity contribution in [2.45, 2.75) is 18.5 Å². The second kappa shape index (κ2) is 6.89. The van der Waals surface area contributed by atoms with Crippen molar-refractivity contribution in [1.29, 1.82) is 0 Å². The van der Waals surface area contributed by atoms with Crippen molar-refractivity contribution in [3.63, 3.8) is 0 Å². The third kappa shape index (κ3) is 4.92. The van der Waals surface area contributed by atoms with Crippen LogP contribution in [0.3, 0.4) is 0 Å². The van der Waals surface area contributed by atoms with Crippen LogP contribution in [0.15, 0.2) is 34.3 Å². The highest BCUT2D eigenvalue weighted by Gasteiger charge is 2.06. The number of nitrogens with zero attached hydrogens (tertiary/aromatic N) is 2. The number of hydrogen-bond donors (Lipinski definition) is 3. The molecule has 1 amide bonds. The minimum atomic E-state index is -0.432. The number of amides is 1. The van der Waals surface area contributed by atoms with Gasteiger partial charge >= 0.3 is 0 Å². The molecule has 2 rings (SSSR count). The molecule has 0 radical (unpaired) electrons. The predicted octanol–water partition coefficient (Wildman–Crippen LogP) is 1.30. The fraction of sp³-hybridized carbons (Fsp3) is 0.231. The summed E-state index contributed by atoms with van der Waals surface area (Å²) < 4.78 is 0. The number of hydrogen-bond acceptors (Lipinski definition) is 6. The van der Waals surface area contributed by atoms with Gasteiger partial charge in [-0.25, -0.2) is 4.98 Å². The maximum absolute atomic E-state index is 11.7. The first kappa shape index (κ1) is 15.0. The van der Waals surface area contributed by atoms with E-state index in [1.54, 1.807) is 12.3 Å². The Labute approximate surface area is 124 Å². The molecule has 0 aliphatic heterocycles. The number of carbonyl (C=O) groups excluding carboxylic acids is 1. The van der Waals surface area contributed by atoms with Gasteiger partial charge in [0.2, 0.25) is 11.8 Å². The van der Waals surface area contributed by atoms with E-state index >= 15 is 0 Å². The number of pyridine rings is 1. The Kier molecular flexibility index (Phi) is 4.94. The molecule has 8 heteroatoms. The zero-order valence-electron chi connectivity index (χ0n) is 11.3. The highest BCUT2D eigenvalue weighted by Crippen LogP contribution is 2.14. The molecule has 21 heavy (non-hydrogen) atoms. The number of H-pyrrole nitrogens is 1. The Bertz CT molecular complexity index is 702. The minimum Gasteiger partial charge on any atom is -0.493 e. The minimum absolute atomic E-state index is 0.178. The summed E-state index contributed by atoms with van der Waals surface area (Å²) in [7, 11) is 0. The summed E-state index contributed by atoms with van der Waals surface area (Å²) in [5, 5.41) is 12.2. The molecule has 2 aromatic heterocycles.